The van der Waals surface area contributed by atoms with Crippen LogP contribution >= 0.6 is 11.6 Å². The maximum absolute atomic E-state index is 12.7. The van der Waals surface area contributed by atoms with E-state index in [0.717, 1.165) is 12.1 Å². The molecule has 1 aromatic rings. The predicted molar refractivity (Wildman–Crippen MR) is 84.0 cm³/mol. The van der Waals surface area contributed by atoms with E-state index in [1.54, 1.807) is 0 Å². The van der Waals surface area contributed by atoms with E-state index in [9.17, 15) is 22.8 Å². The molecule has 0 bridgehead atoms. The van der Waals surface area contributed by atoms with Gasteiger partial charge >= 0.3 is 18.2 Å². The second-order valence-corrected chi connectivity index (χ2v) is 5.37. The molecule has 1 rings (SSSR count). The number of anilines is 1. The van der Waals surface area contributed by atoms with Crippen molar-refractivity contribution < 1.29 is 27.5 Å². The summed E-state index contributed by atoms with van der Waals surface area (Å²) in [6, 6.07) is 2.52. The number of unbranched alkanes of at least 4 members (excludes halogenated alkanes) is 2. The maximum Gasteiger partial charge on any atom is 0.417 e. The van der Waals surface area contributed by atoms with Crippen LogP contribution in [0.25, 0.3) is 0 Å². The number of esters is 1. The van der Waals surface area contributed by atoms with Crippen molar-refractivity contribution in [1.29, 1.82) is 0 Å². The zero-order chi connectivity index (χ0) is 18.2. The Morgan fingerprint density at radius 1 is 1.21 bits per heavy atom. The van der Waals surface area contributed by atoms with Crippen LogP contribution in [0.3, 0.4) is 0 Å². The number of carbonyl (C=O) groups is 2. The van der Waals surface area contributed by atoms with Crippen molar-refractivity contribution >= 4 is 29.3 Å². The van der Waals surface area contributed by atoms with E-state index in [4.69, 9.17) is 11.6 Å². The maximum atomic E-state index is 12.7. The van der Waals surface area contributed by atoms with Crippen LogP contribution in [-0.2, 0) is 15.7 Å². The molecule has 0 aliphatic carbocycles. The second-order valence-electron chi connectivity index (χ2n) is 4.96. The van der Waals surface area contributed by atoms with Gasteiger partial charge in [-0.2, -0.15) is 13.2 Å². The van der Waals surface area contributed by atoms with Crippen LogP contribution in [-0.4, -0.2) is 25.7 Å². The van der Waals surface area contributed by atoms with Crippen LogP contribution in [0.4, 0.5) is 23.7 Å². The van der Waals surface area contributed by atoms with E-state index >= 15 is 0 Å². The van der Waals surface area contributed by atoms with Crippen molar-refractivity contribution in [2.24, 2.45) is 0 Å². The average Bonchev–Trinajstić information content (AvgIpc) is 2.51. The molecule has 0 spiro atoms. The van der Waals surface area contributed by atoms with E-state index in [0.29, 0.717) is 32.2 Å². The number of halogens is 4. The average molecular weight is 367 g/mol. The summed E-state index contributed by atoms with van der Waals surface area (Å²) < 4.78 is 42.7. The highest BCUT2D eigenvalue weighted by Crippen LogP contribution is 2.36. The first-order chi connectivity index (χ1) is 11.2. The summed E-state index contributed by atoms with van der Waals surface area (Å²) >= 11 is 5.50. The number of methoxy groups -OCH3 is 1. The Morgan fingerprint density at radius 2 is 1.92 bits per heavy atom. The Hall–Kier alpha value is -1.96. The van der Waals surface area contributed by atoms with Crippen LogP contribution in [0.2, 0.25) is 5.02 Å². The molecule has 1 aromatic carbocycles. The Kier molecular flexibility index (Phi) is 7.84. The highest BCUT2D eigenvalue weighted by molar-refractivity contribution is 6.31. The zero-order valence-corrected chi connectivity index (χ0v) is 13.8. The van der Waals surface area contributed by atoms with Gasteiger partial charge < -0.3 is 15.4 Å². The number of amides is 2. The first kappa shape index (κ1) is 20.1. The van der Waals surface area contributed by atoms with Crippen LogP contribution in [0.1, 0.15) is 31.2 Å². The molecule has 0 aliphatic heterocycles. The number of ether oxygens (including phenoxy) is 1. The van der Waals surface area contributed by atoms with Crippen LogP contribution in [0.15, 0.2) is 18.2 Å². The minimum atomic E-state index is -4.59. The summed E-state index contributed by atoms with van der Waals surface area (Å²) in [6.07, 6.45) is -2.28. The van der Waals surface area contributed by atoms with Gasteiger partial charge in [0, 0.05) is 18.7 Å². The number of alkyl halides is 3. The molecule has 0 saturated carbocycles. The lowest BCUT2D eigenvalue weighted by Crippen LogP contribution is -2.29. The number of benzene rings is 1. The van der Waals surface area contributed by atoms with Crippen LogP contribution < -0.4 is 10.6 Å². The van der Waals surface area contributed by atoms with Crippen molar-refractivity contribution in [3.8, 4) is 0 Å². The molecule has 0 atom stereocenters. The Labute approximate surface area is 142 Å². The monoisotopic (exact) mass is 366 g/mol. The summed E-state index contributed by atoms with van der Waals surface area (Å²) in [4.78, 5) is 22.5. The SMILES string of the molecule is COC(=O)CCCCCNC(=O)Nc1ccc(Cl)c(C(F)(F)F)c1. The second kappa shape index (κ2) is 9.36. The Morgan fingerprint density at radius 3 is 2.54 bits per heavy atom. The number of hydrogen-bond acceptors (Lipinski definition) is 3. The van der Waals surface area contributed by atoms with Crippen molar-refractivity contribution in [3.63, 3.8) is 0 Å². The number of urea groups is 1. The van der Waals surface area contributed by atoms with E-state index in [1.807, 2.05) is 0 Å². The van der Waals surface area contributed by atoms with Crippen LogP contribution in [0.5, 0.6) is 0 Å². The number of nitrogens with one attached hydrogen (secondary N) is 2. The summed E-state index contributed by atoms with van der Waals surface area (Å²) in [7, 11) is 1.31. The van der Waals surface area contributed by atoms with Gasteiger partial charge in [-0.05, 0) is 31.0 Å². The first-order valence-electron chi connectivity index (χ1n) is 7.22. The summed E-state index contributed by atoms with van der Waals surface area (Å²) in [6.45, 7) is 0.340. The number of rotatable bonds is 7. The van der Waals surface area contributed by atoms with Gasteiger partial charge in [0.1, 0.15) is 0 Å². The first-order valence-corrected chi connectivity index (χ1v) is 7.60. The highest BCUT2D eigenvalue weighted by Gasteiger charge is 2.33. The van der Waals surface area contributed by atoms with Crippen molar-refractivity contribution in [1.82, 2.24) is 5.32 Å². The molecule has 0 unspecified atom stereocenters. The molecule has 0 radical (unpaired) electrons. The molecule has 2 amide bonds. The molecule has 0 fully saturated rings. The minimum Gasteiger partial charge on any atom is -0.469 e. The van der Waals surface area contributed by atoms with E-state index in [-0.39, 0.29) is 11.7 Å². The minimum absolute atomic E-state index is 0.00471. The molecular weight excluding hydrogens is 349 g/mol. The molecular formula is C15H18ClF3N2O3. The fourth-order valence-electron chi connectivity index (χ4n) is 1.87. The third-order valence-electron chi connectivity index (χ3n) is 3.10. The van der Waals surface area contributed by atoms with Gasteiger partial charge in [0.15, 0.2) is 0 Å². The Balaban J connectivity index is 2.37. The van der Waals surface area contributed by atoms with E-state index in [1.165, 1.54) is 13.2 Å². The predicted octanol–water partition coefficient (Wildman–Crippen LogP) is 4.21. The topological polar surface area (TPSA) is 67.4 Å². The summed E-state index contributed by atoms with van der Waals surface area (Å²) in [5.74, 6) is -0.288. The number of hydrogen-bond donors (Lipinski definition) is 2. The van der Waals surface area contributed by atoms with E-state index < -0.39 is 22.8 Å². The van der Waals surface area contributed by atoms with Crippen LogP contribution in [0, 0.1) is 0 Å². The van der Waals surface area contributed by atoms with Gasteiger partial charge in [-0.25, -0.2) is 4.79 Å². The van der Waals surface area contributed by atoms with Gasteiger partial charge in [-0.15, -0.1) is 0 Å². The molecule has 0 aliphatic rings. The van der Waals surface area contributed by atoms with Gasteiger partial charge in [0.25, 0.3) is 0 Å². The summed E-state index contributed by atoms with van der Waals surface area (Å²) in [5.41, 5.74) is -1.01. The quantitative estimate of drug-likeness (QED) is 0.561. The van der Waals surface area contributed by atoms with Gasteiger partial charge in [-0.3, -0.25) is 4.79 Å². The standard InChI is InChI=1S/C15H18ClF3N2O3/c1-24-13(22)5-3-2-4-8-20-14(23)21-10-6-7-12(16)11(9-10)15(17,18)19/h6-7,9H,2-5,8H2,1H3,(H2,20,21,23). The van der Waals surface area contributed by atoms with Crippen molar-refractivity contribution in [2.45, 2.75) is 31.9 Å². The van der Waals surface area contributed by atoms with E-state index in [2.05, 4.69) is 15.4 Å². The normalized spacial score (nSPS) is 11.0. The lowest BCUT2D eigenvalue weighted by atomic mass is 10.2. The molecule has 134 valence electrons. The lowest BCUT2D eigenvalue weighted by molar-refractivity contribution is -0.140. The highest BCUT2D eigenvalue weighted by atomic mass is 35.5. The molecule has 24 heavy (non-hydrogen) atoms. The molecule has 2 N–H and O–H groups in total. The lowest BCUT2D eigenvalue weighted by Gasteiger charge is -2.12. The fraction of sp³-hybridized carbons (Fsp3) is 0.467. The Bertz CT molecular complexity index is 580. The molecule has 0 saturated heterocycles. The van der Waals surface area contributed by atoms with Gasteiger partial charge in [0.2, 0.25) is 0 Å². The van der Waals surface area contributed by atoms with Crippen molar-refractivity contribution in [3.05, 3.63) is 28.8 Å². The third kappa shape index (κ3) is 7.08. The largest absolute Gasteiger partial charge is 0.469 e. The fourth-order valence-corrected chi connectivity index (χ4v) is 2.10. The third-order valence-corrected chi connectivity index (χ3v) is 3.43. The molecule has 0 aromatic heterocycles. The van der Waals surface area contributed by atoms with Gasteiger partial charge in [-0.1, -0.05) is 18.0 Å². The smallest absolute Gasteiger partial charge is 0.417 e. The number of carbonyl (C=O) groups excluding carboxylic acids is 2. The molecule has 0 heterocycles. The molecule has 9 heteroatoms. The van der Waals surface area contributed by atoms with Gasteiger partial charge in [0.05, 0.1) is 17.7 Å². The zero-order valence-electron chi connectivity index (χ0n) is 13.0. The van der Waals surface area contributed by atoms with Crippen molar-refractivity contribution in [2.75, 3.05) is 19.0 Å². The summed E-state index contributed by atoms with van der Waals surface area (Å²) in [5, 5.41) is 4.41. The molecule has 5 nitrogen and oxygen atoms in total.